The van der Waals surface area contributed by atoms with Crippen LogP contribution in [0.25, 0.3) is 11.3 Å². The Morgan fingerprint density at radius 2 is 1.91 bits per heavy atom. The van der Waals surface area contributed by atoms with Gasteiger partial charge in [0.25, 0.3) is 0 Å². The van der Waals surface area contributed by atoms with Crippen molar-refractivity contribution in [2.24, 2.45) is 0 Å². The molecule has 0 unspecified atom stereocenters. The number of ketones is 1. The summed E-state index contributed by atoms with van der Waals surface area (Å²) in [7, 11) is 0. The monoisotopic (exact) mass is 461 g/mol. The van der Waals surface area contributed by atoms with Gasteiger partial charge in [0, 0.05) is 29.8 Å². The molecule has 1 saturated heterocycles. The van der Waals surface area contributed by atoms with Gasteiger partial charge < -0.3 is 9.47 Å². The highest BCUT2D eigenvalue weighted by molar-refractivity contribution is 5.95. The number of carbonyl (C=O) groups excluding carboxylic acids is 3. The molecule has 0 spiro atoms. The maximum Gasteiger partial charge on any atom is 0.411 e. The Bertz CT molecular complexity index is 1220. The Hall–Kier alpha value is -4.21. The quantitative estimate of drug-likeness (QED) is 0.580. The maximum atomic E-state index is 12.5. The van der Waals surface area contributed by atoms with E-state index in [2.05, 4.69) is 15.6 Å². The van der Waals surface area contributed by atoms with E-state index < -0.39 is 18.3 Å². The highest BCUT2D eigenvalue weighted by Gasteiger charge is 2.44. The molecule has 2 aliphatic heterocycles. The third-order valence-corrected chi connectivity index (χ3v) is 6.07. The van der Waals surface area contributed by atoms with Crippen LogP contribution in [0.4, 0.5) is 15.3 Å². The van der Waals surface area contributed by atoms with E-state index in [4.69, 9.17) is 9.47 Å². The normalized spacial score (nSPS) is 19.0. The molecule has 2 aliphatic rings. The summed E-state index contributed by atoms with van der Waals surface area (Å²) in [5.74, 6) is -0.0587. The molecule has 1 aromatic heterocycles. The van der Waals surface area contributed by atoms with Gasteiger partial charge in [-0.05, 0) is 31.2 Å². The average molecular weight is 461 g/mol. The Morgan fingerprint density at radius 1 is 1.15 bits per heavy atom. The Balaban J connectivity index is 1.25. The first-order chi connectivity index (χ1) is 16.5. The zero-order chi connectivity index (χ0) is 23.7. The molecule has 5 rings (SSSR count). The summed E-state index contributed by atoms with van der Waals surface area (Å²) < 4.78 is 12.6. The fraction of sp³-hybridized carbons (Fsp3) is 0.292. The van der Waals surface area contributed by atoms with Crippen molar-refractivity contribution < 1.29 is 23.9 Å². The van der Waals surface area contributed by atoms with Gasteiger partial charge in [-0.3, -0.25) is 15.0 Å². The minimum atomic E-state index is -0.675. The van der Waals surface area contributed by atoms with Crippen molar-refractivity contribution in [3.05, 3.63) is 65.9 Å². The van der Waals surface area contributed by atoms with Crippen molar-refractivity contribution in [2.75, 3.05) is 18.5 Å². The predicted molar refractivity (Wildman–Crippen MR) is 121 cm³/mol. The van der Waals surface area contributed by atoms with Gasteiger partial charge >= 0.3 is 12.2 Å². The smallest absolute Gasteiger partial charge is 0.411 e. The first-order valence-corrected chi connectivity index (χ1v) is 11.0. The number of nitrogens with zero attached hydrogens (tertiary/aromatic N) is 4. The van der Waals surface area contributed by atoms with Gasteiger partial charge in [0.15, 0.2) is 11.9 Å². The SMILES string of the molecule is CC(=O)c1ccc(NC(=O)OC[C@@H]2OC(=O)N3CCc4c(-c5ccccc5)nnn4C[C@@H]23)cc1. The number of nitrogens with one attached hydrogen (secondary N) is 1. The molecule has 0 saturated carbocycles. The third-order valence-electron chi connectivity index (χ3n) is 6.07. The van der Waals surface area contributed by atoms with Crippen LogP contribution in [0.5, 0.6) is 0 Å². The number of anilines is 1. The fourth-order valence-electron chi connectivity index (χ4n) is 4.28. The molecule has 2 atom stereocenters. The number of hydrogen-bond donors (Lipinski definition) is 1. The van der Waals surface area contributed by atoms with Crippen molar-refractivity contribution >= 4 is 23.7 Å². The van der Waals surface area contributed by atoms with Crippen LogP contribution in [0.1, 0.15) is 23.0 Å². The standard InChI is InChI=1S/C24H23N5O5/c1-15(30)16-7-9-18(10-8-16)25-23(31)33-14-21-20-13-29-19(11-12-28(20)24(32)34-21)22(26-27-29)17-5-3-2-4-6-17/h2-10,20-21H,11-14H2,1H3,(H,25,31)/t20-,21-/m0/s1. The molecule has 10 nitrogen and oxygen atoms in total. The van der Waals surface area contributed by atoms with Crippen LogP contribution in [0.3, 0.4) is 0 Å². The van der Waals surface area contributed by atoms with Crippen LogP contribution in [0.15, 0.2) is 54.6 Å². The zero-order valence-corrected chi connectivity index (χ0v) is 18.5. The first kappa shape index (κ1) is 21.6. The summed E-state index contributed by atoms with van der Waals surface area (Å²) in [6.07, 6.45) is -1.15. The average Bonchev–Trinajstić information content (AvgIpc) is 3.31. The van der Waals surface area contributed by atoms with Gasteiger partial charge in [-0.2, -0.15) is 0 Å². The molecular formula is C24H23N5O5. The second-order valence-electron chi connectivity index (χ2n) is 8.22. The van der Waals surface area contributed by atoms with Crippen molar-refractivity contribution in [1.82, 2.24) is 19.9 Å². The van der Waals surface area contributed by atoms with Gasteiger partial charge in [0.05, 0.1) is 18.3 Å². The molecule has 2 aromatic carbocycles. The van der Waals surface area contributed by atoms with Gasteiger partial charge in [0.1, 0.15) is 12.3 Å². The molecular weight excluding hydrogens is 438 g/mol. The Kier molecular flexibility index (Phi) is 5.70. The number of aromatic nitrogens is 3. The lowest BCUT2D eigenvalue weighted by molar-refractivity contribution is 0.0650. The molecule has 10 heteroatoms. The number of hydrogen-bond acceptors (Lipinski definition) is 7. The summed E-state index contributed by atoms with van der Waals surface area (Å²) >= 11 is 0. The number of fused-ring (bicyclic) bond motifs is 2. The minimum absolute atomic E-state index is 0.0587. The molecule has 3 aromatic rings. The fourth-order valence-corrected chi connectivity index (χ4v) is 4.28. The van der Waals surface area contributed by atoms with E-state index in [9.17, 15) is 14.4 Å². The number of ether oxygens (including phenoxy) is 2. The molecule has 2 amide bonds. The van der Waals surface area contributed by atoms with Crippen LogP contribution in [0.2, 0.25) is 0 Å². The van der Waals surface area contributed by atoms with Crippen LogP contribution >= 0.6 is 0 Å². The number of benzene rings is 2. The van der Waals surface area contributed by atoms with E-state index in [1.807, 2.05) is 30.3 Å². The summed E-state index contributed by atoms with van der Waals surface area (Å²) in [6.45, 7) is 2.23. The Labute approximate surface area is 195 Å². The number of Topliss-reactive ketones (excluding diaryl/α,β-unsaturated/α-hetero) is 1. The molecule has 174 valence electrons. The van der Waals surface area contributed by atoms with Crippen LogP contribution in [-0.2, 0) is 22.4 Å². The lowest BCUT2D eigenvalue weighted by Crippen LogP contribution is -2.41. The topological polar surface area (TPSA) is 116 Å². The summed E-state index contributed by atoms with van der Waals surface area (Å²) in [5, 5.41) is 11.3. The molecule has 1 fully saturated rings. The summed E-state index contributed by atoms with van der Waals surface area (Å²) in [5.41, 5.74) is 3.78. The second-order valence-corrected chi connectivity index (χ2v) is 8.22. The highest BCUT2D eigenvalue weighted by atomic mass is 16.6. The molecule has 0 radical (unpaired) electrons. The van der Waals surface area contributed by atoms with E-state index in [0.29, 0.717) is 30.8 Å². The Morgan fingerprint density at radius 3 is 2.65 bits per heavy atom. The van der Waals surface area contributed by atoms with Crippen molar-refractivity contribution in [3.8, 4) is 11.3 Å². The number of carbonyl (C=O) groups is 3. The number of rotatable bonds is 5. The molecule has 1 N–H and O–H groups in total. The lowest BCUT2D eigenvalue weighted by Gasteiger charge is -2.21. The van der Waals surface area contributed by atoms with Gasteiger partial charge in [-0.15, -0.1) is 5.10 Å². The molecule has 0 aliphatic carbocycles. The van der Waals surface area contributed by atoms with Crippen molar-refractivity contribution in [1.29, 1.82) is 0 Å². The molecule has 0 bridgehead atoms. The van der Waals surface area contributed by atoms with E-state index in [1.54, 1.807) is 33.8 Å². The van der Waals surface area contributed by atoms with Crippen molar-refractivity contribution in [3.63, 3.8) is 0 Å². The third kappa shape index (κ3) is 4.21. The number of amides is 2. The minimum Gasteiger partial charge on any atom is -0.445 e. The van der Waals surface area contributed by atoms with Gasteiger partial charge in [-0.1, -0.05) is 35.5 Å². The van der Waals surface area contributed by atoms with Crippen LogP contribution in [-0.4, -0.2) is 63.2 Å². The molecule has 3 heterocycles. The second kappa shape index (κ2) is 8.97. The first-order valence-electron chi connectivity index (χ1n) is 11.0. The van der Waals surface area contributed by atoms with Crippen LogP contribution in [0, 0.1) is 0 Å². The number of cyclic esters (lactones) is 1. The van der Waals surface area contributed by atoms with Crippen LogP contribution < -0.4 is 5.32 Å². The largest absolute Gasteiger partial charge is 0.445 e. The summed E-state index contributed by atoms with van der Waals surface area (Å²) in [6, 6.07) is 16.0. The van der Waals surface area contributed by atoms with Gasteiger partial charge in [0.2, 0.25) is 0 Å². The van der Waals surface area contributed by atoms with Crippen molar-refractivity contribution in [2.45, 2.75) is 32.0 Å². The van der Waals surface area contributed by atoms with E-state index in [-0.39, 0.29) is 18.4 Å². The maximum absolute atomic E-state index is 12.5. The lowest BCUT2D eigenvalue weighted by atomic mass is 10.1. The summed E-state index contributed by atoms with van der Waals surface area (Å²) in [4.78, 5) is 37.8. The molecule has 34 heavy (non-hydrogen) atoms. The van der Waals surface area contributed by atoms with E-state index >= 15 is 0 Å². The van der Waals surface area contributed by atoms with E-state index in [1.165, 1.54) is 6.92 Å². The van der Waals surface area contributed by atoms with Gasteiger partial charge in [-0.25, -0.2) is 14.3 Å². The zero-order valence-electron chi connectivity index (χ0n) is 18.5. The highest BCUT2D eigenvalue weighted by Crippen LogP contribution is 2.29. The predicted octanol–water partition coefficient (Wildman–Crippen LogP) is 3.14. The van der Waals surface area contributed by atoms with E-state index in [0.717, 1.165) is 17.0 Å².